The lowest BCUT2D eigenvalue weighted by atomic mass is 10.1. The molecule has 0 bridgehead atoms. The van der Waals surface area contributed by atoms with Gasteiger partial charge >= 0.3 is 0 Å². The van der Waals surface area contributed by atoms with E-state index in [9.17, 15) is 4.79 Å². The smallest absolute Gasteiger partial charge is 0.277 e. The van der Waals surface area contributed by atoms with E-state index in [0.717, 1.165) is 44.7 Å². The molecule has 1 amide bonds. The Morgan fingerprint density at radius 2 is 1.93 bits per heavy atom. The highest BCUT2D eigenvalue weighted by molar-refractivity contribution is 6.34. The number of aromatic nitrogens is 3. The van der Waals surface area contributed by atoms with Crippen LogP contribution in [0.3, 0.4) is 0 Å². The number of piperidine rings is 1. The number of amides is 1. The molecule has 0 radical (unpaired) electrons. The van der Waals surface area contributed by atoms with Gasteiger partial charge in [0.25, 0.3) is 5.91 Å². The number of nitrogens with zero attached hydrogens (tertiary/aromatic N) is 4. The molecule has 0 spiro atoms. The van der Waals surface area contributed by atoms with Gasteiger partial charge in [-0.25, -0.2) is 4.68 Å². The van der Waals surface area contributed by atoms with E-state index in [0.29, 0.717) is 29.6 Å². The van der Waals surface area contributed by atoms with Gasteiger partial charge in [0.2, 0.25) is 0 Å². The van der Waals surface area contributed by atoms with E-state index in [1.165, 1.54) is 0 Å². The van der Waals surface area contributed by atoms with Crippen molar-refractivity contribution < 1.29 is 9.53 Å². The van der Waals surface area contributed by atoms with Crippen molar-refractivity contribution >= 4 is 53.7 Å². The summed E-state index contributed by atoms with van der Waals surface area (Å²) in [4.78, 5) is 14.9. The van der Waals surface area contributed by atoms with Crippen LogP contribution in [-0.4, -0.2) is 60.3 Å². The lowest BCUT2D eigenvalue weighted by Gasteiger charge is -2.31. The van der Waals surface area contributed by atoms with E-state index in [2.05, 4.69) is 25.8 Å². The van der Waals surface area contributed by atoms with Gasteiger partial charge in [-0.2, -0.15) is 0 Å². The van der Waals surface area contributed by atoms with Crippen LogP contribution in [0.1, 0.15) is 29.4 Å². The van der Waals surface area contributed by atoms with Gasteiger partial charge in [0.15, 0.2) is 5.69 Å². The second-order valence-corrected chi connectivity index (χ2v) is 7.16. The summed E-state index contributed by atoms with van der Waals surface area (Å²) in [5.41, 5.74) is 1.80. The zero-order valence-corrected chi connectivity index (χ0v) is 18.2. The summed E-state index contributed by atoms with van der Waals surface area (Å²) >= 11 is 6.43. The Hall–Kier alpha value is -1.58. The monoisotopic (exact) mass is 462 g/mol. The number of hydrogen-bond donors (Lipinski definition) is 2. The van der Waals surface area contributed by atoms with E-state index in [1.54, 1.807) is 10.9 Å². The molecule has 2 aromatic rings. The third kappa shape index (κ3) is 5.52. The molecule has 2 N–H and O–H groups in total. The van der Waals surface area contributed by atoms with Crippen LogP contribution in [0, 0.1) is 0 Å². The van der Waals surface area contributed by atoms with Crippen molar-refractivity contribution in [2.24, 2.45) is 0 Å². The van der Waals surface area contributed by atoms with Crippen molar-refractivity contribution in [1.29, 1.82) is 0 Å². The molecule has 0 atom stereocenters. The van der Waals surface area contributed by atoms with Crippen LogP contribution in [0.4, 0.5) is 11.4 Å². The number of morpholine rings is 1. The van der Waals surface area contributed by atoms with Crippen molar-refractivity contribution in [1.82, 2.24) is 20.3 Å². The summed E-state index contributed by atoms with van der Waals surface area (Å²) in [5.74, 6) is -0.285. The van der Waals surface area contributed by atoms with Crippen molar-refractivity contribution in [3.63, 3.8) is 0 Å². The van der Waals surface area contributed by atoms with Gasteiger partial charge in [-0.1, -0.05) is 22.9 Å². The Morgan fingerprint density at radius 1 is 1.21 bits per heavy atom. The molecule has 2 saturated heterocycles. The summed E-state index contributed by atoms with van der Waals surface area (Å²) < 4.78 is 7.22. The van der Waals surface area contributed by atoms with Gasteiger partial charge in [0.05, 0.1) is 41.8 Å². The Labute approximate surface area is 187 Å². The highest BCUT2D eigenvalue weighted by Crippen LogP contribution is 2.34. The molecule has 2 fully saturated rings. The number of ether oxygens (including phenoxy) is 1. The minimum Gasteiger partial charge on any atom is -0.378 e. The molecule has 1 aromatic carbocycles. The maximum atomic E-state index is 12.7. The van der Waals surface area contributed by atoms with Crippen molar-refractivity contribution in [3.8, 4) is 0 Å². The van der Waals surface area contributed by atoms with E-state index >= 15 is 0 Å². The minimum absolute atomic E-state index is 0. The number of rotatable bonds is 4. The first-order valence-electron chi connectivity index (χ1n) is 9.27. The molecular weight excluding hydrogens is 439 g/mol. The lowest BCUT2D eigenvalue weighted by Crippen LogP contribution is -2.37. The second kappa shape index (κ2) is 11.0. The van der Waals surface area contributed by atoms with Gasteiger partial charge in [0, 0.05) is 13.1 Å². The average Bonchev–Trinajstić information content (AvgIpc) is 3.20. The Kier molecular flexibility index (Phi) is 8.98. The molecule has 0 unspecified atom stereocenters. The Morgan fingerprint density at radius 3 is 2.66 bits per heavy atom. The molecular formula is C18H25Cl3N6O2. The average molecular weight is 464 g/mol. The maximum Gasteiger partial charge on any atom is 0.277 e. The van der Waals surface area contributed by atoms with E-state index < -0.39 is 0 Å². The van der Waals surface area contributed by atoms with Crippen LogP contribution < -0.4 is 15.5 Å². The standard InChI is InChI=1S/C18H23ClN6O2.2ClH/c19-14-2-1-3-15(17(14)24-8-10-27-11-9-24)21-18(26)16-12-25(23-22-16)13-4-6-20-7-5-13;;/h1-3,12-13,20H,4-11H2,(H,21,26);2*1H. The van der Waals surface area contributed by atoms with Gasteiger partial charge in [0.1, 0.15) is 0 Å². The molecule has 29 heavy (non-hydrogen) atoms. The third-order valence-electron chi connectivity index (χ3n) is 4.99. The molecule has 2 aliphatic heterocycles. The zero-order chi connectivity index (χ0) is 18.6. The van der Waals surface area contributed by atoms with Gasteiger partial charge in [-0.3, -0.25) is 4.79 Å². The highest BCUT2D eigenvalue weighted by atomic mass is 35.5. The summed E-state index contributed by atoms with van der Waals surface area (Å²) in [6.07, 6.45) is 3.70. The predicted molar refractivity (Wildman–Crippen MR) is 118 cm³/mol. The van der Waals surface area contributed by atoms with E-state index in [1.807, 2.05) is 18.2 Å². The molecule has 3 heterocycles. The van der Waals surface area contributed by atoms with Gasteiger partial charge in [-0.15, -0.1) is 29.9 Å². The number of halogens is 3. The number of carbonyl (C=O) groups excluding carboxylic acids is 1. The normalized spacial score (nSPS) is 17.2. The van der Waals surface area contributed by atoms with E-state index in [-0.39, 0.29) is 36.8 Å². The third-order valence-corrected chi connectivity index (χ3v) is 5.29. The van der Waals surface area contributed by atoms with Gasteiger partial charge in [-0.05, 0) is 38.1 Å². The van der Waals surface area contributed by atoms with Crippen LogP contribution in [0.2, 0.25) is 5.02 Å². The first-order chi connectivity index (χ1) is 13.2. The van der Waals surface area contributed by atoms with E-state index in [4.69, 9.17) is 16.3 Å². The SMILES string of the molecule is Cl.Cl.O=C(Nc1cccc(Cl)c1N1CCOCC1)c1cn(C2CCNCC2)nn1. The maximum absolute atomic E-state index is 12.7. The molecule has 8 nitrogen and oxygen atoms in total. The number of hydrogen-bond acceptors (Lipinski definition) is 6. The molecule has 11 heteroatoms. The van der Waals surface area contributed by atoms with Crippen molar-refractivity contribution in [2.75, 3.05) is 49.6 Å². The first-order valence-corrected chi connectivity index (χ1v) is 9.65. The summed E-state index contributed by atoms with van der Waals surface area (Å²) in [5, 5.41) is 15.1. The Balaban J connectivity index is 0.00000150. The predicted octanol–water partition coefficient (Wildman–Crippen LogP) is 2.79. The number of nitrogens with one attached hydrogen (secondary N) is 2. The van der Waals surface area contributed by atoms with Crippen LogP contribution in [0.25, 0.3) is 0 Å². The molecule has 160 valence electrons. The van der Waals surface area contributed by atoms with Crippen LogP contribution in [-0.2, 0) is 4.74 Å². The number of benzene rings is 1. The van der Waals surface area contributed by atoms with Crippen molar-refractivity contribution in [3.05, 3.63) is 35.1 Å². The molecule has 0 saturated carbocycles. The zero-order valence-electron chi connectivity index (χ0n) is 15.8. The quantitative estimate of drug-likeness (QED) is 0.725. The Bertz CT molecular complexity index is 807. The van der Waals surface area contributed by atoms with Gasteiger partial charge < -0.3 is 20.3 Å². The van der Waals surface area contributed by atoms with Crippen LogP contribution in [0.15, 0.2) is 24.4 Å². The topological polar surface area (TPSA) is 84.3 Å². The number of carbonyl (C=O) groups is 1. The van der Waals surface area contributed by atoms with Crippen LogP contribution >= 0.6 is 36.4 Å². The summed E-state index contributed by atoms with van der Waals surface area (Å²) in [7, 11) is 0. The number of anilines is 2. The first kappa shape index (κ1) is 23.7. The largest absolute Gasteiger partial charge is 0.378 e. The van der Waals surface area contributed by atoms with Crippen LogP contribution in [0.5, 0.6) is 0 Å². The minimum atomic E-state index is -0.285. The summed E-state index contributed by atoms with van der Waals surface area (Å²) in [6, 6.07) is 5.80. The fourth-order valence-electron chi connectivity index (χ4n) is 3.54. The highest BCUT2D eigenvalue weighted by Gasteiger charge is 2.22. The fraction of sp³-hybridized carbons (Fsp3) is 0.500. The fourth-order valence-corrected chi connectivity index (χ4v) is 3.84. The molecule has 4 rings (SSSR count). The van der Waals surface area contributed by atoms with Crippen molar-refractivity contribution in [2.45, 2.75) is 18.9 Å². The lowest BCUT2D eigenvalue weighted by molar-refractivity contribution is 0.102. The molecule has 0 aliphatic carbocycles. The second-order valence-electron chi connectivity index (χ2n) is 6.75. The molecule has 1 aromatic heterocycles. The number of para-hydroxylation sites is 1. The molecule has 2 aliphatic rings. The summed E-state index contributed by atoms with van der Waals surface area (Å²) in [6.45, 7) is 4.67.